The molecule has 1 amide bonds. The van der Waals surface area contributed by atoms with Gasteiger partial charge in [0.25, 0.3) is 5.91 Å². The fourth-order valence-corrected chi connectivity index (χ4v) is 3.33. The van der Waals surface area contributed by atoms with Gasteiger partial charge >= 0.3 is 5.97 Å². The molecule has 1 fully saturated rings. The summed E-state index contributed by atoms with van der Waals surface area (Å²) in [5.74, 6) is -0.224. The van der Waals surface area contributed by atoms with Crippen molar-refractivity contribution in [1.29, 1.82) is 0 Å². The van der Waals surface area contributed by atoms with E-state index in [0.717, 1.165) is 5.56 Å². The maximum absolute atomic E-state index is 12.9. The molecule has 0 saturated carbocycles. The van der Waals surface area contributed by atoms with Crippen molar-refractivity contribution >= 4 is 17.7 Å². The van der Waals surface area contributed by atoms with Gasteiger partial charge in [0.05, 0.1) is 13.2 Å². The van der Waals surface area contributed by atoms with Crippen LogP contribution in [0, 0.1) is 0 Å². The van der Waals surface area contributed by atoms with Crippen molar-refractivity contribution in [1.82, 2.24) is 9.88 Å². The molecular weight excluding hydrogens is 382 g/mol. The molecule has 7 heteroatoms. The van der Waals surface area contributed by atoms with Crippen LogP contribution in [0.4, 0.5) is 5.82 Å². The third kappa shape index (κ3) is 5.57. The molecule has 1 aliphatic rings. The van der Waals surface area contributed by atoms with Gasteiger partial charge in [0, 0.05) is 31.4 Å². The van der Waals surface area contributed by atoms with E-state index in [1.54, 1.807) is 23.2 Å². The topological polar surface area (TPSA) is 72.0 Å². The normalized spacial score (nSPS) is 14.3. The number of carbonyl (C=O) groups is 2. The lowest BCUT2D eigenvalue weighted by molar-refractivity contribution is -0.140. The first-order chi connectivity index (χ1) is 14.4. The molecule has 1 aromatic carbocycles. The van der Waals surface area contributed by atoms with E-state index < -0.39 is 11.5 Å². The molecule has 2 aromatic rings. The minimum absolute atomic E-state index is 0.239. The van der Waals surface area contributed by atoms with Gasteiger partial charge in [0.2, 0.25) is 0 Å². The smallest absolute Gasteiger partial charge is 0.342 e. The van der Waals surface area contributed by atoms with E-state index in [1.165, 1.54) is 0 Å². The molecule has 0 spiro atoms. The van der Waals surface area contributed by atoms with E-state index in [4.69, 9.17) is 9.47 Å². The molecule has 1 aromatic heterocycles. The average Bonchev–Trinajstić information content (AvgIpc) is 2.76. The molecule has 0 radical (unpaired) electrons. The van der Waals surface area contributed by atoms with E-state index in [2.05, 4.69) is 4.98 Å². The van der Waals surface area contributed by atoms with Crippen LogP contribution in [0.1, 0.15) is 36.7 Å². The number of hydrogen-bond acceptors (Lipinski definition) is 6. The number of hydrogen-bond donors (Lipinski definition) is 0. The number of anilines is 1. The van der Waals surface area contributed by atoms with Gasteiger partial charge in [-0.25, -0.2) is 9.78 Å². The van der Waals surface area contributed by atoms with Crippen molar-refractivity contribution in [3.8, 4) is 0 Å². The summed E-state index contributed by atoms with van der Waals surface area (Å²) in [5, 5.41) is 0. The lowest BCUT2D eigenvalue weighted by Crippen LogP contribution is -2.46. The summed E-state index contributed by atoms with van der Waals surface area (Å²) in [6.45, 7) is 8.52. The third-order valence-electron chi connectivity index (χ3n) is 4.94. The molecule has 0 bridgehead atoms. The Hall–Kier alpha value is -2.93. The van der Waals surface area contributed by atoms with Gasteiger partial charge in [0.1, 0.15) is 11.4 Å². The second-order valence-electron chi connectivity index (χ2n) is 8.19. The van der Waals surface area contributed by atoms with E-state index >= 15 is 0 Å². The fraction of sp³-hybridized carbons (Fsp3) is 0.435. The number of nitrogens with zero attached hydrogens (tertiary/aromatic N) is 3. The first-order valence-electron chi connectivity index (χ1n) is 10.2. The van der Waals surface area contributed by atoms with Crippen LogP contribution in [0.2, 0.25) is 0 Å². The Morgan fingerprint density at radius 3 is 2.47 bits per heavy atom. The summed E-state index contributed by atoms with van der Waals surface area (Å²) in [4.78, 5) is 33.8. The molecule has 3 rings (SSSR count). The number of amides is 1. The van der Waals surface area contributed by atoms with E-state index in [0.29, 0.717) is 44.2 Å². The lowest BCUT2D eigenvalue weighted by Gasteiger charge is -2.35. The Labute approximate surface area is 177 Å². The van der Waals surface area contributed by atoms with Crippen molar-refractivity contribution in [2.75, 3.05) is 37.8 Å². The lowest BCUT2D eigenvalue weighted by atomic mass is 10.0. The molecule has 7 nitrogen and oxygen atoms in total. The van der Waals surface area contributed by atoms with Gasteiger partial charge in [-0.15, -0.1) is 0 Å². The largest absolute Gasteiger partial charge is 0.452 e. The summed E-state index contributed by atoms with van der Waals surface area (Å²) < 4.78 is 10.8. The number of esters is 1. The molecule has 30 heavy (non-hydrogen) atoms. The third-order valence-corrected chi connectivity index (χ3v) is 4.94. The maximum atomic E-state index is 12.9. The molecule has 0 N–H and O–H groups in total. The zero-order valence-corrected chi connectivity index (χ0v) is 17.8. The zero-order chi connectivity index (χ0) is 21.6. The van der Waals surface area contributed by atoms with Crippen LogP contribution < -0.4 is 4.90 Å². The molecular formula is C23H29N3O4. The number of aromatic nitrogens is 1. The highest BCUT2D eigenvalue weighted by atomic mass is 16.5. The standard InChI is InChI=1S/C23H29N3O4/c1-23(2,3)26(16-18-8-5-4-6-9-18)20(27)17-30-22(28)19-10-7-11-24-21(19)25-12-14-29-15-13-25/h4-11H,12-17H2,1-3H3. The molecule has 160 valence electrons. The summed E-state index contributed by atoms with van der Waals surface area (Å²) in [5.41, 5.74) is 0.971. The van der Waals surface area contributed by atoms with Crippen LogP contribution in [0.3, 0.4) is 0 Å². The number of rotatable bonds is 6. The maximum Gasteiger partial charge on any atom is 0.342 e. The Kier molecular flexibility index (Phi) is 7.05. The summed E-state index contributed by atoms with van der Waals surface area (Å²) >= 11 is 0. The van der Waals surface area contributed by atoms with Gasteiger partial charge < -0.3 is 19.3 Å². The minimum Gasteiger partial charge on any atom is -0.452 e. The van der Waals surface area contributed by atoms with Gasteiger partial charge in [-0.05, 0) is 38.5 Å². The van der Waals surface area contributed by atoms with Crippen LogP contribution in [0.25, 0.3) is 0 Å². The molecule has 0 unspecified atom stereocenters. The Morgan fingerprint density at radius 1 is 1.10 bits per heavy atom. The van der Waals surface area contributed by atoms with Gasteiger partial charge in [-0.3, -0.25) is 4.79 Å². The van der Waals surface area contributed by atoms with Gasteiger partial charge in [0.15, 0.2) is 6.61 Å². The van der Waals surface area contributed by atoms with Gasteiger partial charge in [-0.1, -0.05) is 30.3 Å². The first-order valence-corrected chi connectivity index (χ1v) is 10.2. The second-order valence-corrected chi connectivity index (χ2v) is 8.19. The van der Waals surface area contributed by atoms with Crippen LogP contribution in [-0.2, 0) is 20.8 Å². The molecule has 1 aliphatic heterocycles. The molecule has 0 atom stereocenters. The number of pyridine rings is 1. The average molecular weight is 412 g/mol. The van der Waals surface area contributed by atoms with Crippen LogP contribution in [0.15, 0.2) is 48.7 Å². The predicted molar refractivity (Wildman–Crippen MR) is 114 cm³/mol. The zero-order valence-electron chi connectivity index (χ0n) is 17.8. The van der Waals surface area contributed by atoms with Crippen LogP contribution >= 0.6 is 0 Å². The van der Waals surface area contributed by atoms with Crippen molar-refractivity contribution in [2.45, 2.75) is 32.9 Å². The molecule has 1 saturated heterocycles. The molecule has 0 aliphatic carbocycles. The van der Waals surface area contributed by atoms with Crippen LogP contribution in [0.5, 0.6) is 0 Å². The number of carbonyl (C=O) groups excluding carboxylic acids is 2. The number of ether oxygens (including phenoxy) is 2. The van der Waals surface area contributed by atoms with E-state index in [9.17, 15) is 9.59 Å². The number of morpholine rings is 1. The first kappa shape index (κ1) is 21.8. The summed E-state index contributed by atoms with van der Waals surface area (Å²) in [6, 6.07) is 13.1. The SMILES string of the molecule is CC(C)(C)N(Cc1ccccc1)C(=O)COC(=O)c1cccnc1N1CCOCC1. The Morgan fingerprint density at radius 2 is 1.80 bits per heavy atom. The highest BCUT2D eigenvalue weighted by Crippen LogP contribution is 2.21. The minimum atomic E-state index is -0.550. The fourth-order valence-electron chi connectivity index (χ4n) is 3.33. The van der Waals surface area contributed by atoms with Crippen molar-refractivity contribution < 1.29 is 19.1 Å². The Balaban J connectivity index is 1.68. The van der Waals surface area contributed by atoms with E-state index in [-0.39, 0.29) is 12.5 Å². The van der Waals surface area contributed by atoms with Crippen molar-refractivity contribution in [2.24, 2.45) is 0 Å². The highest BCUT2D eigenvalue weighted by molar-refractivity contribution is 5.96. The van der Waals surface area contributed by atoms with Crippen molar-refractivity contribution in [3.63, 3.8) is 0 Å². The number of benzene rings is 1. The summed E-state index contributed by atoms with van der Waals surface area (Å²) in [6.07, 6.45) is 1.65. The van der Waals surface area contributed by atoms with Crippen LogP contribution in [-0.4, -0.2) is 60.2 Å². The molecule has 2 heterocycles. The predicted octanol–water partition coefficient (Wildman–Crippen LogP) is 2.90. The monoisotopic (exact) mass is 411 g/mol. The quantitative estimate of drug-likeness (QED) is 0.681. The second kappa shape index (κ2) is 9.71. The van der Waals surface area contributed by atoms with Crippen molar-refractivity contribution in [3.05, 3.63) is 59.8 Å². The van der Waals surface area contributed by atoms with Gasteiger partial charge in [-0.2, -0.15) is 0 Å². The highest BCUT2D eigenvalue weighted by Gasteiger charge is 2.28. The van der Waals surface area contributed by atoms with E-state index in [1.807, 2.05) is 56.0 Å². The Bertz CT molecular complexity index is 858. The summed E-state index contributed by atoms with van der Waals surface area (Å²) in [7, 11) is 0.